The molecule has 0 amide bonds. The maximum Gasteiger partial charge on any atom is 0.172 e. The number of methoxy groups -OCH3 is 1. The van der Waals surface area contributed by atoms with E-state index in [0.29, 0.717) is 5.56 Å². The van der Waals surface area contributed by atoms with Crippen molar-refractivity contribution in [2.75, 3.05) is 13.7 Å². The molecule has 0 unspecified atom stereocenters. The van der Waals surface area contributed by atoms with Crippen molar-refractivity contribution in [3.8, 4) is 11.4 Å². The molecule has 0 N–H and O–H groups in total. The summed E-state index contributed by atoms with van der Waals surface area (Å²) in [6.07, 6.45) is 7.06. The van der Waals surface area contributed by atoms with Crippen LogP contribution < -0.4 is 4.74 Å². The molecule has 2 aromatic carbocycles. The van der Waals surface area contributed by atoms with Crippen molar-refractivity contribution in [3.05, 3.63) is 83.0 Å². The fraction of sp³-hybridized carbons (Fsp3) is 0.308. The van der Waals surface area contributed by atoms with Crippen LogP contribution in [-0.2, 0) is 4.84 Å². The molecule has 0 spiro atoms. The first-order chi connectivity index (χ1) is 16.4. The topological polar surface area (TPSA) is 51.9 Å². The minimum absolute atomic E-state index is 0.126. The number of imidazole rings is 1. The zero-order valence-corrected chi connectivity index (χ0v) is 19.3. The molecule has 1 fully saturated rings. The van der Waals surface area contributed by atoms with E-state index >= 15 is 0 Å². The van der Waals surface area contributed by atoms with Gasteiger partial charge in [0.15, 0.2) is 11.9 Å². The summed E-state index contributed by atoms with van der Waals surface area (Å²) in [5, 5.41) is 4.39. The summed E-state index contributed by atoms with van der Waals surface area (Å²) in [5.41, 5.74) is 4.32. The van der Waals surface area contributed by atoms with Crippen molar-refractivity contribution in [3.63, 3.8) is 0 Å². The van der Waals surface area contributed by atoms with Gasteiger partial charge < -0.3 is 19.0 Å². The van der Waals surface area contributed by atoms with Crippen molar-refractivity contribution in [1.82, 2.24) is 14.5 Å². The lowest BCUT2D eigenvalue weighted by Gasteiger charge is -2.42. The highest BCUT2D eigenvalue weighted by Crippen LogP contribution is 2.35. The van der Waals surface area contributed by atoms with E-state index in [0.717, 1.165) is 59.6 Å². The number of hydrogen-bond donors (Lipinski definition) is 0. The summed E-state index contributed by atoms with van der Waals surface area (Å²) >= 11 is 0. The first kappa shape index (κ1) is 22.1. The van der Waals surface area contributed by atoms with Gasteiger partial charge in [-0.1, -0.05) is 11.2 Å². The van der Waals surface area contributed by atoms with Gasteiger partial charge in [-0.15, -0.1) is 0 Å². The third-order valence-electron chi connectivity index (χ3n) is 6.33. The van der Waals surface area contributed by atoms with Gasteiger partial charge >= 0.3 is 0 Å². The molecule has 0 saturated carbocycles. The van der Waals surface area contributed by atoms with Crippen LogP contribution in [0.3, 0.4) is 0 Å². The van der Waals surface area contributed by atoms with Gasteiger partial charge in [-0.25, -0.2) is 13.8 Å². The Kier molecular flexibility index (Phi) is 5.81. The summed E-state index contributed by atoms with van der Waals surface area (Å²) in [6.45, 7) is 4.74. The van der Waals surface area contributed by atoms with E-state index in [1.807, 2.05) is 42.8 Å². The molecule has 34 heavy (non-hydrogen) atoms. The quantitative estimate of drug-likeness (QED) is 0.517. The zero-order chi connectivity index (χ0) is 23.8. The van der Waals surface area contributed by atoms with E-state index in [9.17, 15) is 8.78 Å². The molecule has 8 heteroatoms. The fourth-order valence-corrected chi connectivity index (χ4v) is 4.67. The third kappa shape index (κ3) is 4.16. The van der Waals surface area contributed by atoms with Crippen LogP contribution in [0, 0.1) is 18.6 Å². The fourth-order valence-electron chi connectivity index (χ4n) is 4.67. The van der Waals surface area contributed by atoms with E-state index in [1.165, 1.54) is 12.1 Å². The number of rotatable bonds is 4. The zero-order valence-electron chi connectivity index (χ0n) is 19.3. The molecular formula is C26H26F2N4O2. The number of oxime groups is 1. The SMILES string of the molecule is COc1cc(/C=C2\CCCN3C2=NO[C@@H](c2cc(F)cc(F)c2)[C@@H]3C)ccc1-n1cnc(C)c1. The largest absolute Gasteiger partial charge is 0.495 e. The molecule has 2 atom stereocenters. The van der Waals surface area contributed by atoms with Gasteiger partial charge in [-0.05, 0) is 68.2 Å². The summed E-state index contributed by atoms with van der Waals surface area (Å²) in [4.78, 5) is 12.2. The van der Waals surface area contributed by atoms with Crippen LogP contribution in [0.4, 0.5) is 8.78 Å². The van der Waals surface area contributed by atoms with Gasteiger partial charge in [0.1, 0.15) is 17.4 Å². The normalized spacial score (nSPS) is 21.1. The maximum atomic E-state index is 13.8. The number of ether oxygens (including phenoxy) is 1. The Morgan fingerprint density at radius 1 is 1.15 bits per heavy atom. The number of amidine groups is 1. The van der Waals surface area contributed by atoms with Gasteiger partial charge in [0.2, 0.25) is 0 Å². The number of benzene rings is 2. The van der Waals surface area contributed by atoms with Crippen molar-refractivity contribution in [2.24, 2.45) is 5.16 Å². The monoisotopic (exact) mass is 464 g/mol. The molecule has 2 aliphatic heterocycles. The average molecular weight is 465 g/mol. The number of piperidine rings is 1. The van der Waals surface area contributed by atoms with Crippen molar-refractivity contribution < 1.29 is 18.4 Å². The van der Waals surface area contributed by atoms with Gasteiger partial charge in [0.05, 0.1) is 30.9 Å². The summed E-state index contributed by atoms with van der Waals surface area (Å²) in [5.74, 6) is 0.258. The molecule has 2 aliphatic rings. The first-order valence-electron chi connectivity index (χ1n) is 11.3. The minimum Gasteiger partial charge on any atom is -0.495 e. The molecule has 3 aromatic rings. The minimum atomic E-state index is -0.622. The molecule has 3 heterocycles. The van der Waals surface area contributed by atoms with E-state index in [2.05, 4.69) is 21.1 Å². The third-order valence-corrected chi connectivity index (χ3v) is 6.33. The lowest BCUT2D eigenvalue weighted by molar-refractivity contribution is -0.0158. The van der Waals surface area contributed by atoms with Crippen LogP contribution in [0.5, 0.6) is 5.75 Å². The molecule has 1 aromatic heterocycles. The number of aromatic nitrogens is 2. The highest BCUT2D eigenvalue weighted by Gasteiger charge is 2.37. The number of halogens is 2. The second-order valence-corrected chi connectivity index (χ2v) is 8.70. The first-order valence-corrected chi connectivity index (χ1v) is 11.3. The number of nitrogens with zero attached hydrogens (tertiary/aromatic N) is 4. The second kappa shape index (κ2) is 8.93. The van der Waals surface area contributed by atoms with Crippen molar-refractivity contribution in [2.45, 2.75) is 38.8 Å². The molecule has 6 nitrogen and oxygen atoms in total. The van der Waals surface area contributed by atoms with E-state index in [1.54, 1.807) is 13.4 Å². The van der Waals surface area contributed by atoms with Gasteiger partial charge in [-0.2, -0.15) is 0 Å². The number of fused-ring (bicyclic) bond motifs is 1. The smallest absolute Gasteiger partial charge is 0.172 e. The van der Waals surface area contributed by atoms with Crippen molar-refractivity contribution >= 4 is 11.9 Å². The molecule has 1 saturated heterocycles. The molecule has 0 aliphatic carbocycles. The average Bonchev–Trinajstić information content (AvgIpc) is 3.25. The van der Waals surface area contributed by atoms with Crippen LogP contribution in [0.25, 0.3) is 11.8 Å². The van der Waals surface area contributed by atoms with Gasteiger partial charge in [-0.3, -0.25) is 0 Å². The van der Waals surface area contributed by atoms with E-state index in [-0.39, 0.29) is 6.04 Å². The predicted octanol–water partition coefficient (Wildman–Crippen LogP) is 5.42. The van der Waals surface area contributed by atoms with E-state index < -0.39 is 17.7 Å². The predicted molar refractivity (Wildman–Crippen MR) is 126 cm³/mol. The summed E-state index contributed by atoms with van der Waals surface area (Å²) in [6, 6.07) is 9.37. The Labute approximate surface area is 197 Å². The lowest BCUT2D eigenvalue weighted by Crippen LogP contribution is -2.49. The Balaban J connectivity index is 1.45. The van der Waals surface area contributed by atoms with Crippen LogP contribution in [0.2, 0.25) is 0 Å². The maximum absolute atomic E-state index is 13.8. The van der Waals surface area contributed by atoms with Crippen LogP contribution >= 0.6 is 0 Å². The summed E-state index contributed by atoms with van der Waals surface area (Å²) in [7, 11) is 1.65. The molecule has 0 bridgehead atoms. The Hall–Kier alpha value is -3.68. The molecule has 176 valence electrons. The number of hydrogen-bond acceptors (Lipinski definition) is 5. The summed E-state index contributed by atoms with van der Waals surface area (Å²) < 4.78 is 35.1. The molecule has 0 radical (unpaired) electrons. The number of aryl methyl sites for hydroxylation is 1. The highest BCUT2D eigenvalue weighted by atomic mass is 19.1. The van der Waals surface area contributed by atoms with Crippen LogP contribution in [0.15, 0.2) is 59.7 Å². The van der Waals surface area contributed by atoms with Gasteiger partial charge in [0, 0.05) is 24.4 Å². The van der Waals surface area contributed by atoms with Crippen LogP contribution in [-0.4, -0.2) is 40.0 Å². The molecule has 5 rings (SSSR count). The standard InChI is InChI=1S/C26H26F2N4O2/c1-16-14-31(15-29-16)23-7-6-18(10-24(23)33-3)9-19-5-4-8-32-17(2)25(34-30-26(19)32)20-11-21(27)13-22(28)12-20/h6-7,9-15,17,25H,4-5,8H2,1-3H3/b19-9+/t17-,25+/m0/s1. The van der Waals surface area contributed by atoms with Gasteiger partial charge in [0.25, 0.3) is 0 Å². The second-order valence-electron chi connectivity index (χ2n) is 8.70. The Bertz CT molecular complexity index is 1260. The van der Waals surface area contributed by atoms with Crippen molar-refractivity contribution in [1.29, 1.82) is 0 Å². The Morgan fingerprint density at radius 3 is 2.65 bits per heavy atom. The molecular weight excluding hydrogens is 438 g/mol. The lowest BCUT2D eigenvalue weighted by atomic mass is 9.95. The Morgan fingerprint density at radius 2 is 1.94 bits per heavy atom. The highest BCUT2D eigenvalue weighted by molar-refractivity contribution is 6.03. The van der Waals surface area contributed by atoms with E-state index in [4.69, 9.17) is 9.57 Å². The van der Waals surface area contributed by atoms with Crippen LogP contribution in [0.1, 0.15) is 42.7 Å².